The normalized spacial score (nSPS) is 13.4. The lowest BCUT2D eigenvalue weighted by molar-refractivity contribution is -0.141. The molecule has 0 atom stereocenters. The van der Waals surface area contributed by atoms with Gasteiger partial charge in [0.15, 0.2) is 4.80 Å². The molecule has 1 aliphatic rings. The lowest BCUT2D eigenvalue weighted by Crippen LogP contribution is -2.29. The van der Waals surface area contributed by atoms with E-state index in [1.165, 1.54) is 53.9 Å². The van der Waals surface area contributed by atoms with E-state index in [-0.39, 0.29) is 27.7 Å². The highest BCUT2D eigenvalue weighted by atomic mass is 32.2. The second-order valence-corrected chi connectivity index (χ2v) is 11.7. The van der Waals surface area contributed by atoms with Crippen LogP contribution in [0, 0.1) is 0 Å². The van der Waals surface area contributed by atoms with E-state index in [2.05, 4.69) is 10.3 Å². The van der Waals surface area contributed by atoms with Crippen LogP contribution < -0.4 is 14.4 Å². The van der Waals surface area contributed by atoms with Gasteiger partial charge < -0.3 is 14.6 Å². The molecule has 0 aliphatic carbocycles. The summed E-state index contributed by atoms with van der Waals surface area (Å²) in [5, 5.41) is 2.70. The minimum absolute atomic E-state index is 0.0730. The van der Waals surface area contributed by atoms with Crippen LogP contribution in [0.2, 0.25) is 0 Å². The zero-order valence-corrected chi connectivity index (χ0v) is 22.7. The number of thiazole rings is 1. The maximum Gasteiger partial charge on any atom is 0.325 e. The van der Waals surface area contributed by atoms with Crippen molar-refractivity contribution < 1.29 is 27.5 Å². The third-order valence-electron chi connectivity index (χ3n) is 6.25. The highest BCUT2D eigenvalue weighted by Gasteiger charge is 2.30. The minimum atomic E-state index is -3.80. The summed E-state index contributed by atoms with van der Waals surface area (Å²) in [5.74, 6) is -1.35. The molecule has 0 fully saturated rings. The van der Waals surface area contributed by atoms with E-state index in [1.807, 2.05) is 12.1 Å². The number of anilines is 2. The van der Waals surface area contributed by atoms with E-state index in [9.17, 15) is 22.8 Å². The zero-order valence-electron chi connectivity index (χ0n) is 21.1. The molecule has 2 heterocycles. The molecule has 12 heteroatoms. The Kier molecular flexibility index (Phi) is 7.06. The second-order valence-electron chi connectivity index (χ2n) is 8.81. The van der Waals surface area contributed by atoms with E-state index in [0.717, 1.165) is 5.56 Å². The summed E-state index contributed by atoms with van der Waals surface area (Å²) in [6.45, 7) is 1.58. The van der Waals surface area contributed by atoms with Gasteiger partial charge in [-0.05, 0) is 60.5 Å². The van der Waals surface area contributed by atoms with Crippen LogP contribution in [-0.4, -0.2) is 44.4 Å². The number of esters is 1. The molecule has 5 rings (SSSR count). The van der Waals surface area contributed by atoms with Crippen molar-refractivity contribution in [1.29, 1.82) is 0 Å². The van der Waals surface area contributed by atoms with Gasteiger partial charge in [0.2, 0.25) is 5.91 Å². The van der Waals surface area contributed by atoms with Crippen LogP contribution in [0.1, 0.15) is 22.8 Å². The van der Waals surface area contributed by atoms with Gasteiger partial charge in [0.05, 0.1) is 27.9 Å². The topological polar surface area (TPSA) is 127 Å². The minimum Gasteiger partial charge on any atom is -0.468 e. The van der Waals surface area contributed by atoms with E-state index in [0.29, 0.717) is 34.6 Å². The molecule has 10 nitrogen and oxygen atoms in total. The van der Waals surface area contributed by atoms with Crippen molar-refractivity contribution in [2.24, 2.45) is 4.99 Å². The van der Waals surface area contributed by atoms with Crippen molar-refractivity contribution in [2.45, 2.75) is 24.8 Å². The Morgan fingerprint density at radius 1 is 1.05 bits per heavy atom. The number of carbonyl (C=O) groups is 3. The molecule has 39 heavy (non-hydrogen) atoms. The quantitative estimate of drug-likeness (QED) is 0.358. The first kappa shape index (κ1) is 26.3. The van der Waals surface area contributed by atoms with Crippen molar-refractivity contribution in [1.82, 2.24) is 4.57 Å². The standard InChI is InChI=1S/C27H24N4O6S2/c1-17(32)28-20-9-12-23-24(15-20)38-27(30(23)16-25(33)37-2)29-26(34)19-7-10-21(11-8-19)39(35,36)31-14-13-18-5-3-4-6-22(18)31/h3-12,15H,13-14,16H2,1-2H3,(H,28,32). The number of nitrogens with one attached hydrogen (secondary N) is 1. The van der Waals surface area contributed by atoms with Crippen molar-refractivity contribution in [3.05, 3.63) is 82.7 Å². The SMILES string of the molecule is COC(=O)Cn1c(=NC(=O)c2ccc(S(=O)(=O)N3CCc4ccccc43)cc2)sc2cc(NC(C)=O)ccc21. The Hall–Kier alpha value is -4.29. The maximum absolute atomic E-state index is 13.3. The first-order chi connectivity index (χ1) is 18.7. The predicted octanol–water partition coefficient (Wildman–Crippen LogP) is 3.33. The van der Waals surface area contributed by atoms with Crippen molar-refractivity contribution in [2.75, 3.05) is 23.3 Å². The number of ether oxygens (including phenoxy) is 1. The van der Waals surface area contributed by atoms with E-state index in [1.54, 1.807) is 34.9 Å². The molecule has 2 amide bonds. The van der Waals surface area contributed by atoms with Crippen LogP contribution >= 0.6 is 11.3 Å². The lowest BCUT2D eigenvalue weighted by Gasteiger charge is -2.19. The fraction of sp³-hybridized carbons (Fsp3) is 0.185. The number of hydrogen-bond acceptors (Lipinski definition) is 7. The largest absolute Gasteiger partial charge is 0.468 e. The number of sulfonamides is 1. The van der Waals surface area contributed by atoms with Crippen molar-refractivity contribution in [3.63, 3.8) is 0 Å². The van der Waals surface area contributed by atoms with E-state index >= 15 is 0 Å². The molecule has 0 unspecified atom stereocenters. The molecule has 0 radical (unpaired) electrons. The molecule has 1 aliphatic heterocycles. The number of rotatable bonds is 6. The molecule has 0 saturated carbocycles. The predicted molar refractivity (Wildman–Crippen MR) is 147 cm³/mol. The highest BCUT2D eigenvalue weighted by molar-refractivity contribution is 7.92. The summed E-state index contributed by atoms with van der Waals surface area (Å²) in [6, 6.07) is 18.2. The number of aromatic nitrogens is 1. The van der Waals surface area contributed by atoms with Crippen LogP contribution in [0.15, 0.2) is 76.6 Å². The summed E-state index contributed by atoms with van der Waals surface area (Å²) in [4.78, 5) is 41.2. The van der Waals surface area contributed by atoms with Gasteiger partial charge in [0.1, 0.15) is 6.54 Å². The summed E-state index contributed by atoms with van der Waals surface area (Å²) in [7, 11) is -2.53. The molecule has 0 bridgehead atoms. The first-order valence-corrected chi connectivity index (χ1v) is 14.2. The number of carbonyl (C=O) groups excluding carboxylic acids is 3. The third-order valence-corrected chi connectivity index (χ3v) is 9.12. The molecule has 3 aromatic carbocycles. The molecule has 0 spiro atoms. The molecule has 0 saturated heterocycles. The summed E-state index contributed by atoms with van der Waals surface area (Å²) < 4.78 is 35.0. The van der Waals surface area contributed by atoms with E-state index < -0.39 is 21.9 Å². The van der Waals surface area contributed by atoms with Gasteiger partial charge >= 0.3 is 5.97 Å². The summed E-state index contributed by atoms with van der Waals surface area (Å²) in [5.41, 5.74) is 3.03. The van der Waals surface area contributed by atoms with Gasteiger partial charge in [-0.3, -0.25) is 18.7 Å². The van der Waals surface area contributed by atoms with Gasteiger partial charge in [-0.2, -0.15) is 4.99 Å². The molecular formula is C27H24N4O6S2. The van der Waals surface area contributed by atoms with Gasteiger partial charge in [-0.15, -0.1) is 0 Å². The average Bonchev–Trinajstić information content (AvgIpc) is 3.50. The third kappa shape index (κ3) is 5.20. The molecule has 4 aromatic rings. The fourth-order valence-corrected chi connectivity index (χ4v) is 6.96. The number of benzene rings is 3. The number of fused-ring (bicyclic) bond motifs is 2. The Balaban J connectivity index is 1.47. The number of hydrogen-bond donors (Lipinski definition) is 1. The molecule has 200 valence electrons. The Bertz CT molecular complexity index is 1790. The summed E-state index contributed by atoms with van der Waals surface area (Å²) in [6.07, 6.45) is 0.637. The number of methoxy groups -OCH3 is 1. The number of nitrogens with zero attached hydrogens (tertiary/aromatic N) is 3. The summed E-state index contributed by atoms with van der Waals surface area (Å²) >= 11 is 1.17. The van der Waals surface area contributed by atoms with Crippen molar-refractivity contribution >= 4 is 60.7 Å². The van der Waals surface area contributed by atoms with Crippen LogP contribution in [0.4, 0.5) is 11.4 Å². The van der Waals surface area contributed by atoms with Crippen LogP contribution in [0.3, 0.4) is 0 Å². The van der Waals surface area contributed by atoms with Gasteiger partial charge in [-0.25, -0.2) is 8.42 Å². The fourth-order valence-electron chi connectivity index (χ4n) is 4.39. The zero-order chi connectivity index (χ0) is 27.7. The molecule has 1 N–H and O–H groups in total. The Labute approximate surface area is 228 Å². The van der Waals surface area contributed by atoms with Crippen LogP contribution in [-0.2, 0) is 37.3 Å². The Morgan fingerprint density at radius 3 is 2.51 bits per heavy atom. The Morgan fingerprint density at radius 2 is 1.79 bits per heavy atom. The van der Waals surface area contributed by atoms with E-state index in [4.69, 9.17) is 4.74 Å². The van der Waals surface area contributed by atoms with Gasteiger partial charge in [-0.1, -0.05) is 29.5 Å². The first-order valence-electron chi connectivity index (χ1n) is 11.9. The number of para-hydroxylation sites is 1. The van der Waals surface area contributed by atoms with Crippen LogP contribution in [0.5, 0.6) is 0 Å². The lowest BCUT2D eigenvalue weighted by atomic mass is 10.2. The average molecular weight is 565 g/mol. The van der Waals surface area contributed by atoms with Crippen LogP contribution in [0.25, 0.3) is 10.2 Å². The molecular weight excluding hydrogens is 540 g/mol. The maximum atomic E-state index is 13.3. The number of amides is 2. The molecule has 1 aromatic heterocycles. The monoisotopic (exact) mass is 564 g/mol. The van der Waals surface area contributed by atoms with Gasteiger partial charge in [0, 0.05) is 24.7 Å². The van der Waals surface area contributed by atoms with Crippen molar-refractivity contribution in [3.8, 4) is 0 Å². The van der Waals surface area contributed by atoms with Gasteiger partial charge in [0.25, 0.3) is 15.9 Å². The highest BCUT2D eigenvalue weighted by Crippen LogP contribution is 2.32. The second kappa shape index (κ2) is 10.5. The smallest absolute Gasteiger partial charge is 0.325 e.